The van der Waals surface area contributed by atoms with Gasteiger partial charge < -0.3 is 10.4 Å². The van der Waals surface area contributed by atoms with Gasteiger partial charge in [-0.05, 0) is 40.8 Å². The fourth-order valence-electron chi connectivity index (χ4n) is 3.26. The molecule has 202 valence electrons. The zero-order valence-corrected chi connectivity index (χ0v) is 22.3. The molecule has 0 radical (unpaired) electrons. The Kier molecular flexibility index (Phi) is 8.29. The Morgan fingerprint density at radius 1 is 1.13 bits per heavy atom. The molecule has 8 nitrogen and oxygen atoms in total. The van der Waals surface area contributed by atoms with E-state index in [9.17, 15) is 36.7 Å². The number of hydrogen-bond acceptors (Lipinski definition) is 9. The van der Waals surface area contributed by atoms with Crippen molar-refractivity contribution in [1.29, 1.82) is 0 Å². The van der Waals surface area contributed by atoms with Crippen LogP contribution in [0.5, 0.6) is 0 Å². The Bertz CT molecular complexity index is 1550. The Morgan fingerprint density at radius 3 is 2.56 bits per heavy atom. The largest absolute Gasteiger partial charge is 0.475 e. The first kappa shape index (κ1) is 28.5. The molecule has 2 amide bonds. The van der Waals surface area contributed by atoms with Crippen molar-refractivity contribution < 1.29 is 41.8 Å². The van der Waals surface area contributed by atoms with Crippen molar-refractivity contribution in [3.05, 3.63) is 61.9 Å². The highest BCUT2D eigenvalue weighted by atomic mass is 32.2. The van der Waals surface area contributed by atoms with Crippen LogP contribution in [0.1, 0.15) is 27.3 Å². The Labute approximate surface area is 234 Å². The normalized spacial score (nSPS) is 14.8. The van der Waals surface area contributed by atoms with E-state index in [4.69, 9.17) is 17.3 Å². The summed E-state index contributed by atoms with van der Waals surface area (Å²) in [4.78, 5) is 53.1. The van der Waals surface area contributed by atoms with E-state index in [1.807, 2.05) is 0 Å². The number of aliphatic carboxylic acids is 1. The van der Waals surface area contributed by atoms with Gasteiger partial charge in [0.2, 0.25) is 5.91 Å². The number of thioether (sulfide) groups is 1. The molecule has 2 aromatic heterocycles. The minimum absolute atomic E-state index is 0.0203. The molecule has 0 saturated carbocycles. The summed E-state index contributed by atoms with van der Waals surface area (Å²) in [5, 5.41) is 13.9. The number of amides is 2. The van der Waals surface area contributed by atoms with Crippen LogP contribution >= 0.6 is 46.7 Å². The topological polar surface area (TPSA) is 117 Å². The van der Waals surface area contributed by atoms with Crippen LogP contribution < -0.4 is 5.32 Å². The summed E-state index contributed by atoms with van der Waals surface area (Å²) in [7, 11) is 0. The van der Waals surface area contributed by atoms with Gasteiger partial charge in [0, 0.05) is 23.2 Å². The summed E-state index contributed by atoms with van der Waals surface area (Å²) >= 11 is 8.28. The van der Waals surface area contributed by atoms with Gasteiger partial charge in [-0.1, -0.05) is 30.0 Å². The van der Waals surface area contributed by atoms with Crippen molar-refractivity contribution in [2.45, 2.75) is 12.6 Å². The van der Waals surface area contributed by atoms with Crippen LogP contribution in [0.4, 0.5) is 22.7 Å². The van der Waals surface area contributed by atoms with Crippen LogP contribution in [-0.2, 0) is 20.6 Å². The van der Waals surface area contributed by atoms with Gasteiger partial charge >= 0.3 is 12.1 Å². The smallest absolute Gasteiger partial charge is 0.419 e. The van der Waals surface area contributed by atoms with Gasteiger partial charge in [0.15, 0.2) is 5.13 Å². The minimum Gasteiger partial charge on any atom is -0.475 e. The molecule has 1 saturated heterocycles. The van der Waals surface area contributed by atoms with E-state index in [2.05, 4.69) is 10.3 Å². The van der Waals surface area contributed by atoms with Crippen LogP contribution in [0.3, 0.4) is 0 Å². The quantitative estimate of drug-likeness (QED) is 0.112. The molecule has 16 heteroatoms. The van der Waals surface area contributed by atoms with Crippen molar-refractivity contribution >= 4 is 85.7 Å². The summed E-state index contributed by atoms with van der Waals surface area (Å²) in [5.41, 5.74) is -1.11. The lowest BCUT2D eigenvalue weighted by Crippen LogP contribution is -2.31. The van der Waals surface area contributed by atoms with Gasteiger partial charge in [0.25, 0.3) is 11.7 Å². The van der Waals surface area contributed by atoms with E-state index in [0.717, 1.165) is 35.2 Å². The van der Waals surface area contributed by atoms with E-state index in [1.165, 1.54) is 33.8 Å². The third-order valence-corrected chi connectivity index (χ3v) is 8.13. The number of anilines is 1. The van der Waals surface area contributed by atoms with Crippen molar-refractivity contribution in [1.82, 2.24) is 9.88 Å². The number of carbonyl (C=O) groups is 4. The zero-order valence-electron chi connectivity index (χ0n) is 19.1. The monoisotopic (exact) mass is 615 g/mol. The summed E-state index contributed by atoms with van der Waals surface area (Å²) < 4.78 is 53.0. The molecule has 1 aliphatic rings. The Hall–Kier alpha value is -3.47. The van der Waals surface area contributed by atoms with E-state index in [-0.39, 0.29) is 38.6 Å². The third-order valence-electron chi connectivity index (χ3n) is 5.11. The zero-order chi connectivity index (χ0) is 28.5. The fourth-order valence-corrected chi connectivity index (χ4v) is 6.19. The average Bonchev–Trinajstić information content (AvgIpc) is 3.57. The molecule has 1 fully saturated rings. The maximum Gasteiger partial charge on any atom is 0.419 e. The number of ketones is 1. The lowest BCUT2D eigenvalue weighted by Gasteiger charge is -2.13. The number of carboxylic acids is 1. The second kappa shape index (κ2) is 11.3. The van der Waals surface area contributed by atoms with Crippen LogP contribution in [0.15, 0.2) is 39.9 Å². The number of carbonyl (C=O) groups excluding carboxylic acids is 3. The molecule has 0 atom stereocenters. The number of thiocarbonyl (C=S) groups is 1. The predicted octanol–water partition coefficient (Wildman–Crippen LogP) is 5.53. The SMILES string of the molecule is O=C(CCN1C(=O)/C(=C/c2cc(-c3ccc(F)c(C(F)(F)F)c3)cs2)SC1=S)Nc1nc(C(=O)C(=O)O)cs1. The number of halogens is 4. The molecule has 2 N–H and O–H groups in total. The molecule has 1 aromatic carbocycles. The molecular formula is C23H13F4N3O5S4. The summed E-state index contributed by atoms with van der Waals surface area (Å²) in [6.45, 7) is -0.0639. The second-order valence-corrected chi connectivity index (χ2v) is 11.2. The maximum absolute atomic E-state index is 13.6. The van der Waals surface area contributed by atoms with E-state index in [1.54, 1.807) is 11.4 Å². The standard InChI is InChI=1S/C23H13F4N3O5S4/c24-14-2-1-10(6-13(14)23(25,26)27)11-5-12(37-8-11)7-16-19(33)30(22(36)39-16)4-3-17(31)29-21-28-15(9-38-21)18(32)20(34)35/h1-2,5-9H,3-4H2,(H,34,35)(H,28,29,31)/b16-7-. The summed E-state index contributed by atoms with van der Waals surface area (Å²) in [6, 6.07) is 4.27. The predicted molar refractivity (Wildman–Crippen MR) is 142 cm³/mol. The number of aromatic nitrogens is 1. The van der Waals surface area contributed by atoms with Gasteiger partial charge in [-0.25, -0.2) is 14.2 Å². The Balaban J connectivity index is 1.39. The van der Waals surface area contributed by atoms with Gasteiger partial charge in [0.05, 0.1) is 10.5 Å². The van der Waals surface area contributed by atoms with Crippen LogP contribution in [0.25, 0.3) is 17.2 Å². The number of hydrogen-bond donors (Lipinski definition) is 2. The summed E-state index contributed by atoms with van der Waals surface area (Å²) in [6.07, 6.45) is -3.48. The van der Waals surface area contributed by atoms with E-state index >= 15 is 0 Å². The highest BCUT2D eigenvalue weighted by molar-refractivity contribution is 8.26. The second-order valence-electron chi connectivity index (χ2n) is 7.73. The number of nitrogens with one attached hydrogen (secondary N) is 1. The first-order valence-corrected chi connectivity index (χ1v) is 13.6. The highest BCUT2D eigenvalue weighted by Gasteiger charge is 2.35. The van der Waals surface area contributed by atoms with Crippen molar-refractivity contribution in [2.75, 3.05) is 11.9 Å². The number of thiophene rings is 1. The van der Waals surface area contributed by atoms with Crippen LogP contribution in [0, 0.1) is 5.82 Å². The van der Waals surface area contributed by atoms with E-state index < -0.39 is 41.1 Å². The van der Waals surface area contributed by atoms with Gasteiger partial charge in [-0.2, -0.15) is 13.2 Å². The number of rotatable bonds is 8. The lowest BCUT2D eigenvalue weighted by molar-refractivity contribution is -0.140. The molecule has 0 aliphatic carbocycles. The van der Waals surface area contributed by atoms with Gasteiger partial charge in [0.1, 0.15) is 15.8 Å². The van der Waals surface area contributed by atoms with Crippen molar-refractivity contribution in [2.24, 2.45) is 0 Å². The number of benzene rings is 1. The molecule has 3 aromatic rings. The molecule has 0 spiro atoms. The minimum atomic E-state index is -4.84. The van der Waals surface area contributed by atoms with Crippen LogP contribution in [-0.4, -0.2) is 49.4 Å². The van der Waals surface area contributed by atoms with Crippen LogP contribution in [0.2, 0.25) is 0 Å². The first-order valence-electron chi connectivity index (χ1n) is 10.6. The number of Topliss-reactive ketones (excluding diaryl/α,β-unsaturated/α-hetero) is 1. The fraction of sp³-hybridized carbons (Fsp3) is 0.130. The molecule has 39 heavy (non-hydrogen) atoms. The number of thiazole rings is 1. The van der Waals surface area contributed by atoms with Gasteiger partial charge in [-0.3, -0.25) is 19.3 Å². The number of carboxylic acid groups (broad SMARTS) is 1. The van der Waals surface area contributed by atoms with E-state index in [0.29, 0.717) is 10.4 Å². The number of alkyl halides is 3. The number of nitrogens with zero attached hydrogens (tertiary/aromatic N) is 2. The van der Waals surface area contributed by atoms with Crippen molar-refractivity contribution in [3.8, 4) is 11.1 Å². The first-order chi connectivity index (χ1) is 18.3. The molecule has 0 bridgehead atoms. The highest BCUT2D eigenvalue weighted by Crippen LogP contribution is 2.37. The molecule has 4 rings (SSSR count). The Morgan fingerprint density at radius 2 is 1.87 bits per heavy atom. The summed E-state index contributed by atoms with van der Waals surface area (Å²) in [5.74, 6) is -5.26. The lowest BCUT2D eigenvalue weighted by atomic mass is 10.0. The van der Waals surface area contributed by atoms with Gasteiger partial charge in [-0.15, -0.1) is 22.7 Å². The van der Waals surface area contributed by atoms with Crippen molar-refractivity contribution in [3.63, 3.8) is 0 Å². The molecule has 1 aliphatic heterocycles. The molecule has 3 heterocycles. The maximum atomic E-state index is 13.6. The average molecular weight is 616 g/mol. The molecular weight excluding hydrogens is 603 g/mol. The third kappa shape index (κ3) is 6.58. The molecule has 0 unspecified atom stereocenters.